The topological polar surface area (TPSA) is 108 Å². The van der Waals surface area contributed by atoms with Gasteiger partial charge in [0.15, 0.2) is 0 Å². The number of nitrogens with one attached hydrogen (secondary N) is 2. The molecular formula is C10H14N4O3S2. The quantitative estimate of drug-likeness (QED) is 0.753. The summed E-state index contributed by atoms with van der Waals surface area (Å²) < 4.78 is 27.0. The van der Waals surface area contributed by atoms with Crippen LogP contribution in [0, 0.1) is 6.92 Å². The van der Waals surface area contributed by atoms with E-state index in [2.05, 4.69) is 19.9 Å². The minimum atomic E-state index is -3.64. The molecule has 2 aromatic rings. The van der Waals surface area contributed by atoms with Gasteiger partial charge in [-0.15, -0.1) is 11.3 Å². The molecule has 0 aromatic carbocycles. The molecule has 0 radical (unpaired) electrons. The summed E-state index contributed by atoms with van der Waals surface area (Å²) in [6, 6.07) is 0.972. The van der Waals surface area contributed by atoms with Crippen molar-refractivity contribution in [3.8, 4) is 0 Å². The molecule has 0 amide bonds. The van der Waals surface area contributed by atoms with Crippen LogP contribution < -0.4 is 4.72 Å². The van der Waals surface area contributed by atoms with Crippen molar-refractivity contribution in [1.29, 1.82) is 0 Å². The molecule has 0 saturated heterocycles. The molecule has 0 fully saturated rings. The third-order valence-corrected chi connectivity index (χ3v) is 5.38. The molecular weight excluding hydrogens is 288 g/mol. The van der Waals surface area contributed by atoms with Crippen molar-refractivity contribution in [2.75, 3.05) is 0 Å². The van der Waals surface area contributed by atoms with Crippen LogP contribution >= 0.6 is 11.3 Å². The third kappa shape index (κ3) is 3.00. The fraction of sp³-hybridized carbons (Fsp3) is 0.400. The standard InChI is InChI=1S/C10H14N4O3S2/c1-6(10-11-5-12-13-10)14-19(16,17)9-3-8(4-15)18-7(9)2/h3,5-6,14-15H,4H2,1-2H3,(H,11,12,13). The molecule has 1 unspecified atom stereocenters. The zero-order valence-corrected chi connectivity index (χ0v) is 12.0. The Balaban J connectivity index is 2.25. The van der Waals surface area contributed by atoms with E-state index < -0.39 is 16.1 Å². The van der Waals surface area contributed by atoms with Crippen LogP contribution in [0.4, 0.5) is 0 Å². The summed E-state index contributed by atoms with van der Waals surface area (Å²) in [4.78, 5) is 5.35. The van der Waals surface area contributed by atoms with Gasteiger partial charge in [0, 0.05) is 9.75 Å². The molecule has 1 atom stereocenters. The molecule has 19 heavy (non-hydrogen) atoms. The van der Waals surface area contributed by atoms with Gasteiger partial charge < -0.3 is 5.11 Å². The maximum absolute atomic E-state index is 12.2. The first-order valence-electron chi connectivity index (χ1n) is 5.52. The van der Waals surface area contributed by atoms with Crippen LogP contribution in [0.3, 0.4) is 0 Å². The first-order chi connectivity index (χ1) is 8.94. The SMILES string of the molecule is Cc1sc(CO)cc1S(=O)(=O)NC(C)c1ncn[nH]1. The Morgan fingerprint density at radius 1 is 1.58 bits per heavy atom. The van der Waals surface area contributed by atoms with Gasteiger partial charge in [0.1, 0.15) is 12.2 Å². The van der Waals surface area contributed by atoms with E-state index in [9.17, 15) is 8.42 Å². The van der Waals surface area contributed by atoms with Crippen molar-refractivity contribution >= 4 is 21.4 Å². The number of sulfonamides is 1. The van der Waals surface area contributed by atoms with Crippen molar-refractivity contribution < 1.29 is 13.5 Å². The summed E-state index contributed by atoms with van der Waals surface area (Å²) >= 11 is 1.26. The first-order valence-corrected chi connectivity index (χ1v) is 7.81. The Morgan fingerprint density at radius 2 is 2.32 bits per heavy atom. The second-order valence-corrected chi connectivity index (χ2v) is 7.03. The second-order valence-electron chi connectivity index (χ2n) is 4.00. The Morgan fingerprint density at radius 3 is 2.84 bits per heavy atom. The predicted molar refractivity (Wildman–Crippen MR) is 70.1 cm³/mol. The Bertz CT molecular complexity index is 648. The normalized spacial score (nSPS) is 13.6. The van der Waals surface area contributed by atoms with E-state index >= 15 is 0 Å². The molecule has 104 valence electrons. The van der Waals surface area contributed by atoms with E-state index in [-0.39, 0.29) is 11.5 Å². The summed E-state index contributed by atoms with van der Waals surface area (Å²) in [5, 5.41) is 15.3. The zero-order valence-electron chi connectivity index (χ0n) is 10.4. The van der Waals surface area contributed by atoms with Gasteiger partial charge in [0.25, 0.3) is 0 Å². The van der Waals surface area contributed by atoms with Gasteiger partial charge in [-0.1, -0.05) is 0 Å². The Labute approximate surface area is 114 Å². The molecule has 0 aliphatic carbocycles. The molecule has 0 aliphatic heterocycles. The molecule has 0 saturated carbocycles. The molecule has 2 aromatic heterocycles. The number of rotatable bonds is 5. The number of thiophene rings is 1. The number of aryl methyl sites for hydroxylation is 1. The lowest BCUT2D eigenvalue weighted by Gasteiger charge is -2.11. The average molecular weight is 302 g/mol. The largest absolute Gasteiger partial charge is 0.391 e. The van der Waals surface area contributed by atoms with Gasteiger partial charge in [0.2, 0.25) is 10.0 Å². The summed E-state index contributed by atoms with van der Waals surface area (Å²) in [5.41, 5.74) is 0. The lowest BCUT2D eigenvalue weighted by Crippen LogP contribution is -2.27. The van der Waals surface area contributed by atoms with Crippen LogP contribution in [0.25, 0.3) is 0 Å². The number of aromatic amines is 1. The van der Waals surface area contributed by atoms with Gasteiger partial charge in [0.05, 0.1) is 17.5 Å². The highest BCUT2D eigenvalue weighted by molar-refractivity contribution is 7.89. The third-order valence-electron chi connectivity index (χ3n) is 2.54. The molecule has 9 heteroatoms. The van der Waals surface area contributed by atoms with Crippen LogP contribution in [0.5, 0.6) is 0 Å². The number of aliphatic hydroxyl groups excluding tert-OH is 1. The maximum atomic E-state index is 12.2. The average Bonchev–Trinajstić information content (AvgIpc) is 2.96. The molecule has 0 aliphatic rings. The minimum absolute atomic E-state index is 0.168. The lowest BCUT2D eigenvalue weighted by atomic mass is 10.3. The van der Waals surface area contributed by atoms with E-state index in [1.165, 1.54) is 23.7 Å². The zero-order chi connectivity index (χ0) is 14.0. The number of aromatic nitrogens is 3. The van der Waals surface area contributed by atoms with Crippen molar-refractivity contribution in [3.63, 3.8) is 0 Å². The minimum Gasteiger partial charge on any atom is -0.391 e. The Kier molecular flexibility index (Phi) is 3.99. The van der Waals surface area contributed by atoms with Gasteiger partial charge in [-0.25, -0.2) is 18.1 Å². The lowest BCUT2D eigenvalue weighted by molar-refractivity contribution is 0.285. The molecule has 0 bridgehead atoms. The predicted octanol–water partition coefficient (Wildman–Crippen LogP) is 0.706. The summed E-state index contributed by atoms with van der Waals surface area (Å²) in [7, 11) is -3.64. The molecule has 0 spiro atoms. The van der Waals surface area contributed by atoms with Crippen LogP contribution in [0.1, 0.15) is 28.5 Å². The van der Waals surface area contributed by atoms with Crippen LogP contribution in [0.2, 0.25) is 0 Å². The van der Waals surface area contributed by atoms with Crippen molar-refractivity contribution in [2.24, 2.45) is 0 Å². The fourth-order valence-electron chi connectivity index (χ4n) is 1.64. The van der Waals surface area contributed by atoms with Gasteiger partial charge >= 0.3 is 0 Å². The highest BCUT2D eigenvalue weighted by atomic mass is 32.2. The first kappa shape index (κ1) is 14.1. The molecule has 7 nitrogen and oxygen atoms in total. The van der Waals surface area contributed by atoms with E-state index in [0.717, 1.165) is 0 Å². The van der Waals surface area contributed by atoms with Gasteiger partial charge in [-0.05, 0) is 19.9 Å². The van der Waals surface area contributed by atoms with Gasteiger partial charge in [-0.2, -0.15) is 5.10 Å². The van der Waals surface area contributed by atoms with E-state index in [4.69, 9.17) is 5.11 Å². The number of hydrogen-bond acceptors (Lipinski definition) is 6. The smallest absolute Gasteiger partial charge is 0.242 e. The van der Waals surface area contributed by atoms with Crippen molar-refractivity contribution in [2.45, 2.75) is 31.4 Å². The van der Waals surface area contributed by atoms with Gasteiger partial charge in [-0.3, -0.25) is 5.10 Å². The van der Waals surface area contributed by atoms with Crippen LogP contribution in [-0.4, -0.2) is 28.7 Å². The summed E-state index contributed by atoms with van der Waals surface area (Å²) in [6.07, 6.45) is 1.32. The Hall–Kier alpha value is -1.29. The fourth-order valence-corrected chi connectivity index (χ4v) is 4.35. The number of nitrogens with zero attached hydrogens (tertiary/aromatic N) is 2. The monoisotopic (exact) mass is 302 g/mol. The number of hydrogen-bond donors (Lipinski definition) is 3. The second kappa shape index (κ2) is 5.37. The van der Waals surface area contributed by atoms with E-state index in [0.29, 0.717) is 15.6 Å². The number of H-pyrrole nitrogens is 1. The van der Waals surface area contributed by atoms with Crippen LogP contribution in [-0.2, 0) is 16.6 Å². The van der Waals surface area contributed by atoms with Crippen molar-refractivity contribution in [3.05, 3.63) is 28.0 Å². The highest BCUT2D eigenvalue weighted by Gasteiger charge is 2.23. The van der Waals surface area contributed by atoms with Crippen LogP contribution in [0.15, 0.2) is 17.3 Å². The summed E-state index contributed by atoms with van der Waals surface area (Å²) in [6.45, 7) is 3.21. The van der Waals surface area contributed by atoms with E-state index in [1.807, 2.05) is 0 Å². The number of aliphatic hydroxyl groups is 1. The highest BCUT2D eigenvalue weighted by Crippen LogP contribution is 2.26. The van der Waals surface area contributed by atoms with Crippen molar-refractivity contribution in [1.82, 2.24) is 19.9 Å². The molecule has 2 heterocycles. The van der Waals surface area contributed by atoms with E-state index in [1.54, 1.807) is 13.8 Å². The summed E-state index contributed by atoms with van der Waals surface area (Å²) in [5.74, 6) is 0.443. The molecule has 2 rings (SSSR count). The maximum Gasteiger partial charge on any atom is 0.242 e. The molecule has 3 N–H and O–H groups in total.